The summed E-state index contributed by atoms with van der Waals surface area (Å²) in [5.74, 6) is 0. The molecule has 0 saturated heterocycles. The Hall–Kier alpha value is 0.779. The molecule has 0 aromatic heterocycles. The molecule has 0 fully saturated rings. The van der Waals surface area contributed by atoms with Crippen molar-refractivity contribution in [2.45, 2.75) is 13.8 Å². The molecule has 1 radical (unpaired) electrons. The van der Waals surface area contributed by atoms with E-state index in [2.05, 4.69) is 23.1 Å². The Kier molecular flexibility index (Phi) is 10.4. The molecular weight excluding hydrogens is 162 g/mol. The third-order valence-corrected chi connectivity index (χ3v) is 0.555. The molecule has 0 amide bonds. The Morgan fingerprint density at radius 2 is 2.14 bits per heavy atom. The Bertz CT molecular complexity index is 74.1. The Morgan fingerprint density at radius 1 is 1.71 bits per heavy atom. The largest absolute Gasteiger partial charge is 0 e. The van der Waals surface area contributed by atoms with Gasteiger partial charge in [-0.05, 0) is 0 Å². The Labute approximate surface area is 65.8 Å². The van der Waals surface area contributed by atoms with E-state index >= 15 is 0 Å². The monoisotopic (exact) mass is 169 g/mol. The maximum absolute atomic E-state index is 2.89. The molecule has 0 unspecified atom stereocenters. The molecule has 0 heterocycles. The van der Waals surface area contributed by atoms with Crippen LogP contribution in [0, 0.1) is 6.08 Å². The first-order valence-corrected chi connectivity index (χ1v) is 2.50. The van der Waals surface area contributed by atoms with E-state index in [0.717, 1.165) is 0 Å². The normalized spacial score (nSPS) is 8.14. The van der Waals surface area contributed by atoms with Crippen molar-refractivity contribution in [3.8, 4) is 0 Å². The zero-order chi connectivity index (χ0) is 4.99. The number of rotatable bonds is 1. The minimum absolute atomic E-state index is 0. The fourth-order valence-electron chi connectivity index (χ4n) is 0.209. The summed E-state index contributed by atoms with van der Waals surface area (Å²) in [5.41, 5.74) is 0. The van der Waals surface area contributed by atoms with Gasteiger partial charge in [0.1, 0.15) is 0 Å². The molecular formula is C5H7V2-. The van der Waals surface area contributed by atoms with Crippen LogP contribution in [0.25, 0.3) is 0 Å². The van der Waals surface area contributed by atoms with Crippen molar-refractivity contribution in [2.75, 3.05) is 0 Å². The molecule has 2 heteroatoms. The van der Waals surface area contributed by atoms with Gasteiger partial charge in [0.15, 0.2) is 0 Å². The van der Waals surface area contributed by atoms with Gasteiger partial charge in [0.2, 0.25) is 0 Å². The SMILES string of the molecule is C[C-]=C[C](C)=[V].[V]. The summed E-state index contributed by atoms with van der Waals surface area (Å²) in [6.45, 7) is 3.91. The van der Waals surface area contributed by atoms with Gasteiger partial charge in [-0.15, -0.1) is 0 Å². The molecule has 0 aliphatic carbocycles. The van der Waals surface area contributed by atoms with E-state index in [-0.39, 0.29) is 18.6 Å². The van der Waals surface area contributed by atoms with E-state index in [0.29, 0.717) is 0 Å². The van der Waals surface area contributed by atoms with Gasteiger partial charge in [0, 0.05) is 18.6 Å². The zero-order valence-corrected chi connectivity index (χ0v) is 7.27. The van der Waals surface area contributed by atoms with Crippen molar-refractivity contribution in [2.24, 2.45) is 0 Å². The average molecular weight is 169 g/mol. The van der Waals surface area contributed by atoms with E-state index in [1.165, 1.54) is 4.23 Å². The second kappa shape index (κ2) is 6.78. The van der Waals surface area contributed by atoms with Crippen molar-refractivity contribution in [1.82, 2.24) is 0 Å². The minimum Gasteiger partial charge on any atom is 0 e. The summed E-state index contributed by atoms with van der Waals surface area (Å²) in [5, 5.41) is 0. The van der Waals surface area contributed by atoms with Crippen molar-refractivity contribution in [3.05, 3.63) is 12.2 Å². The molecule has 0 saturated carbocycles. The number of hydrogen-bond donors (Lipinski definition) is 0. The summed E-state index contributed by atoms with van der Waals surface area (Å²) < 4.78 is 1.24. The summed E-state index contributed by atoms with van der Waals surface area (Å²) >= 11 is 2.45. The standard InChI is InChI=1S/C5H7.2V/c1-3-5-4-2;;/h5H,1-2H3;;/q-1;;. The predicted octanol–water partition coefficient (Wildman–Crippen LogP) is 1.10. The third-order valence-electron chi connectivity index (χ3n) is 0.353. The van der Waals surface area contributed by atoms with Crippen LogP contribution in [0.3, 0.4) is 0 Å². The maximum atomic E-state index is 2.89. The predicted molar refractivity (Wildman–Crippen MR) is 24.2 cm³/mol. The Morgan fingerprint density at radius 3 is 2.14 bits per heavy atom. The van der Waals surface area contributed by atoms with Crippen LogP contribution in [0.1, 0.15) is 13.8 Å². The molecule has 0 N–H and O–H groups in total. The maximum Gasteiger partial charge on any atom is 0 e. The van der Waals surface area contributed by atoms with Gasteiger partial charge >= 0.3 is 47.2 Å². The van der Waals surface area contributed by atoms with Gasteiger partial charge in [0.05, 0.1) is 0 Å². The molecule has 0 aromatic carbocycles. The summed E-state index contributed by atoms with van der Waals surface area (Å²) in [6.07, 6.45) is 4.82. The quantitative estimate of drug-likeness (QED) is 0.515. The minimum atomic E-state index is 0. The first-order valence-electron chi connectivity index (χ1n) is 1.80. The molecule has 0 spiro atoms. The molecule has 0 aliphatic heterocycles. The zero-order valence-electron chi connectivity index (χ0n) is 4.47. The number of allylic oxidation sites excluding steroid dienone is 2. The molecule has 0 aromatic rings. The van der Waals surface area contributed by atoms with Crippen LogP contribution in [0.2, 0.25) is 0 Å². The molecule has 0 aliphatic rings. The van der Waals surface area contributed by atoms with Crippen molar-refractivity contribution in [1.29, 1.82) is 0 Å². The van der Waals surface area contributed by atoms with Gasteiger partial charge in [-0.2, -0.15) is 0 Å². The van der Waals surface area contributed by atoms with E-state index in [1.807, 2.05) is 19.9 Å². The van der Waals surface area contributed by atoms with E-state index in [1.54, 1.807) is 0 Å². The van der Waals surface area contributed by atoms with Gasteiger partial charge < -0.3 is 0 Å². The first kappa shape index (κ1) is 10.7. The fraction of sp³-hybridized carbons (Fsp3) is 0.400. The Balaban J connectivity index is 0. The fourth-order valence-corrected chi connectivity index (χ4v) is 0.410. The van der Waals surface area contributed by atoms with Crippen LogP contribution in [0.15, 0.2) is 6.08 Å². The van der Waals surface area contributed by atoms with Crippen molar-refractivity contribution < 1.29 is 35.5 Å². The van der Waals surface area contributed by atoms with Crippen LogP contribution in [-0.4, -0.2) is 4.23 Å². The van der Waals surface area contributed by atoms with Crippen LogP contribution in [0.5, 0.6) is 0 Å². The van der Waals surface area contributed by atoms with Crippen molar-refractivity contribution >= 4 is 4.23 Å². The summed E-state index contributed by atoms with van der Waals surface area (Å²) in [6, 6.07) is 0. The number of hydrogen-bond acceptors (Lipinski definition) is 0. The molecule has 0 atom stereocenters. The van der Waals surface area contributed by atoms with E-state index in [4.69, 9.17) is 0 Å². The van der Waals surface area contributed by atoms with Crippen LogP contribution in [0.4, 0.5) is 0 Å². The van der Waals surface area contributed by atoms with E-state index in [9.17, 15) is 0 Å². The topological polar surface area (TPSA) is 0 Å². The molecule has 38 valence electrons. The average Bonchev–Trinajstić information content (AvgIpc) is 1.35. The second-order valence-electron chi connectivity index (χ2n) is 1.07. The van der Waals surface area contributed by atoms with Crippen LogP contribution >= 0.6 is 0 Å². The van der Waals surface area contributed by atoms with Gasteiger partial charge in [-0.1, -0.05) is 0 Å². The molecule has 7 heavy (non-hydrogen) atoms. The molecule has 0 rings (SSSR count). The van der Waals surface area contributed by atoms with Gasteiger partial charge in [0.25, 0.3) is 0 Å². The third kappa shape index (κ3) is 10.8. The summed E-state index contributed by atoms with van der Waals surface area (Å²) in [7, 11) is 0. The van der Waals surface area contributed by atoms with Crippen LogP contribution < -0.4 is 0 Å². The van der Waals surface area contributed by atoms with Gasteiger partial charge in [-0.25, -0.2) is 0 Å². The van der Waals surface area contributed by atoms with Crippen molar-refractivity contribution in [3.63, 3.8) is 0 Å². The molecule has 0 nitrogen and oxygen atoms in total. The first-order chi connectivity index (χ1) is 2.77. The molecule has 0 bridgehead atoms. The van der Waals surface area contributed by atoms with Crippen LogP contribution in [-0.2, 0) is 35.5 Å². The van der Waals surface area contributed by atoms with E-state index < -0.39 is 0 Å². The second-order valence-corrected chi connectivity index (χ2v) is 2.18. The smallest absolute Gasteiger partial charge is 0 e. The summed E-state index contributed by atoms with van der Waals surface area (Å²) in [4.78, 5) is 0. The van der Waals surface area contributed by atoms with Gasteiger partial charge in [-0.3, -0.25) is 0 Å².